The van der Waals surface area contributed by atoms with Crippen molar-refractivity contribution in [3.8, 4) is 0 Å². The highest BCUT2D eigenvalue weighted by molar-refractivity contribution is 8.00. The largest absolute Gasteiger partial charge is 0.461 e. The Morgan fingerprint density at radius 2 is 2.54 bits per heavy atom. The van der Waals surface area contributed by atoms with E-state index in [9.17, 15) is 9.59 Å². The monoisotopic (exact) mass is 204 g/mol. The molecule has 0 spiro atoms. The van der Waals surface area contributed by atoms with Crippen LogP contribution in [0.4, 0.5) is 0 Å². The minimum absolute atomic E-state index is 0.176. The second kappa shape index (κ2) is 5.11. The predicted molar refractivity (Wildman–Crippen MR) is 48.2 cm³/mol. The van der Waals surface area contributed by atoms with Crippen LogP contribution in [0.3, 0.4) is 0 Å². The third-order valence-electron chi connectivity index (χ3n) is 1.48. The van der Waals surface area contributed by atoms with E-state index in [2.05, 4.69) is 0 Å². The normalized spacial score (nSPS) is 21.3. The molecule has 1 heterocycles. The molecule has 1 fully saturated rings. The first-order valence-corrected chi connectivity index (χ1v) is 5.24. The van der Waals surface area contributed by atoms with Crippen molar-refractivity contribution in [2.45, 2.75) is 25.2 Å². The zero-order valence-corrected chi connectivity index (χ0v) is 8.26. The van der Waals surface area contributed by atoms with Crippen molar-refractivity contribution >= 4 is 23.7 Å². The minimum atomic E-state index is -0.298. The fourth-order valence-electron chi connectivity index (χ4n) is 0.895. The molecule has 1 atom stereocenters. The number of carbonyl (C=O) groups excluding carboxylic acids is 2. The Kier molecular flexibility index (Phi) is 4.08. The molecule has 1 rings (SSSR count). The van der Waals surface area contributed by atoms with Gasteiger partial charge in [-0.3, -0.25) is 9.59 Å². The fourth-order valence-corrected chi connectivity index (χ4v) is 1.62. The summed E-state index contributed by atoms with van der Waals surface area (Å²) in [6.07, 6.45) is 1.20. The van der Waals surface area contributed by atoms with Gasteiger partial charge in [0.25, 0.3) is 0 Å². The van der Waals surface area contributed by atoms with Crippen molar-refractivity contribution in [3.63, 3.8) is 0 Å². The van der Waals surface area contributed by atoms with Crippen molar-refractivity contribution in [3.05, 3.63) is 0 Å². The average molecular weight is 204 g/mol. The Morgan fingerprint density at radius 3 is 3.08 bits per heavy atom. The zero-order valence-electron chi connectivity index (χ0n) is 7.45. The van der Waals surface area contributed by atoms with Crippen LogP contribution >= 0.6 is 11.8 Å². The molecule has 13 heavy (non-hydrogen) atoms. The lowest BCUT2D eigenvalue weighted by molar-refractivity contribution is -0.151. The van der Waals surface area contributed by atoms with Gasteiger partial charge in [-0.1, -0.05) is 6.92 Å². The molecule has 4 nitrogen and oxygen atoms in total. The Bertz CT molecular complexity index is 204. The summed E-state index contributed by atoms with van der Waals surface area (Å²) in [6, 6.07) is 0. The Balaban J connectivity index is 2.12. The van der Waals surface area contributed by atoms with Crippen LogP contribution in [0.15, 0.2) is 0 Å². The van der Waals surface area contributed by atoms with Gasteiger partial charge in [0.15, 0.2) is 5.44 Å². The molecular weight excluding hydrogens is 192 g/mol. The third-order valence-corrected chi connectivity index (χ3v) is 2.49. The molecule has 0 aromatic carbocycles. The lowest BCUT2D eigenvalue weighted by atomic mass is 10.3. The molecule has 0 N–H and O–H groups in total. The summed E-state index contributed by atoms with van der Waals surface area (Å²) in [4.78, 5) is 21.5. The van der Waals surface area contributed by atoms with Gasteiger partial charge < -0.3 is 9.47 Å². The van der Waals surface area contributed by atoms with Crippen molar-refractivity contribution < 1.29 is 19.1 Å². The van der Waals surface area contributed by atoms with Crippen LogP contribution in [0.5, 0.6) is 0 Å². The van der Waals surface area contributed by atoms with Crippen LogP contribution in [0.25, 0.3) is 0 Å². The van der Waals surface area contributed by atoms with Gasteiger partial charge in [0.2, 0.25) is 0 Å². The number of rotatable bonds is 4. The maximum atomic E-state index is 10.9. The van der Waals surface area contributed by atoms with Crippen molar-refractivity contribution in [2.75, 3.05) is 12.4 Å². The Labute approximate surface area is 81.0 Å². The molecule has 0 amide bonds. The smallest absolute Gasteiger partial charge is 0.317 e. The summed E-state index contributed by atoms with van der Waals surface area (Å²) in [6.45, 7) is 2.08. The zero-order chi connectivity index (χ0) is 9.68. The summed E-state index contributed by atoms with van der Waals surface area (Å²) in [7, 11) is 0. The average Bonchev–Trinajstić information content (AvgIpc) is 2.49. The molecule has 1 aliphatic rings. The molecule has 1 saturated heterocycles. The summed E-state index contributed by atoms with van der Waals surface area (Å²) >= 11 is 1.36. The standard InChI is InChI=1S/C8H12O4S/c1-2-3-6(9)11-4-8-12-7(10)5-13-8/h8H,2-5H2,1H3/t8-/m1/s1. The minimum Gasteiger partial charge on any atom is -0.461 e. The second-order valence-electron chi connectivity index (χ2n) is 2.66. The van der Waals surface area contributed by atoms with Crippen molar-refractivity contribution in [1.82, 2.24) is 0 Å². The van der Waals surface area contributed by atoms with Crippen LogP contribution in [-0.4, -0.2) is 29.7 Å². The lowest BCUT2D eigenvalue weighted by Gasteiger charge is -2.08. The van der Waals surface area contributed by atoms with E-state index in [0.717, 1.165) is 6.42 Å². The van der Waals surface area contributed by atoms with E-state index >= 15 is 0 Å². The van der Waals surface area contributed by atoms with Gasteiger partial charge in [-0.05, 0) is 6.42 Å². The van der Waals surface area contributed by atoms with E-state index < -0.39 is 0 Å². The van der Waals surface area contributed by atoms with Gasteiger partial charge in [0.1, 0.15) is 6.61 Å². The summed E-state index contributed by atoms with van der Waals surface area (Å²) < 4.78 is 9.71. The predicted octanol–water partition coefficient (Wildman–Crippen LogP) is 0.946. The van der Waals surface area contributed by atoms with Crippen molar-refractivity contribution in [2.24, 2.45) is 0 Å². The molecule has 0 bridgehead atoms. The quantitative estimate of drug-likeness (QED) is 0.638. The lowest BCUT2D eigenvalue weighted by Crippen LogP contribution is -2.16. The highest BCUT2D eigenvalue weighted by atomic mass is 32.2. The molecule has 74 valence electrons. The van der Waals surface area contributed by atoms with Gasteiger partial charge >= 0.3 is 11.9 Å². The molecule has 0 radical (unpaired) electrons. The summed E-state index contributed by atoms with van der Waals surface area (Å²) in [5, 5.41) is 0. The number of hydrogen-bond donors (Lipinski definition) is 0. The van der Waals surface area contributed by atoms with E-state index in [-0.39, 0.29) is 24.0 Å². The van der Waals surface area contributed by atoms with E-state index in [1.807, 2.05) is 6.92 Å². The summed E-state index contributed by atoms with van der Waals surface area (Å²) in [5.74, 6) is -0.108. The molecule has 0 saturated carbocycles. The number of hydrogen-bond acceptors (Lipinski definition) is 5. The number of thioether (sulfide) groups is 1. The molecule has 0 aliphatic carbocycles. The first kappa shape index (κ1) is 10.4. The van der Waals surface area contributed by atoms with Crippen molar-refractivity contribution in [1.29, 1.82) is 0 Å². The molecule has 1 aliphatic heterocycles. The molecule has 0 aromatic rings. The van der Waals surface area contributed by atoms with E-state index in [4.69, 9.17) is 9.47 Å². The first-order chi connectivity index (χ1) is 6.22. The third kappa shape index (κ3) is 3.67. The van der Waals surface area contributed by atoms with E-state index in [0.29, 0.717) is 12.2 Å². The second-order valence-corrected chi connectivity index (χ2v) is 3.81. The summed E-state index contributed by atoms with van der Waals surface area (Å²) in [5.41, 5.74) is -0.298. The van der Waals surface area contributed by atoms with Gasteiger partial charge in [-0.15, -0.1) is 11.8 Å². The maximum Gasteiger partial charge on any atom is 0.317 e. The number of ether oxygens (including phenoxy) is 2. The molecular formula is C8H12O4S. The number of carbonyl (C=O) groups is 2. The van der Waals surface area contributed by atoms with Crippen LogP contribution < -0.4 is 0 Å². The molecule has 0 unspecified atom stereocenters. The Hall–Kier alpha value is -0.710. The van der Waals surface area contributed by atoms with Gasteiger partial charge in [-0.2, -0.15) is 0 Å². The highest BCUT2D eigenvalue weighted by Crippen LogP contribution is 2.20. The van der Waals surface area contributed by atoms with Gasteiger partial charge in [-0.25, -0.2) is 0 Å². The topological polar surface area (TPSA) is 52.6 Å². The SMILES string of the molecule is CCCC(=O)OC[C@@H]1OC(=O)CS1. The van der Waals surface area contributed by atoms with E-state index in [1.165, 1.54) is 11.8 Å². The van der Waals surface area contributed by atoms with Crippen LogP contribution in [-0.2, 0) is 19.1 Å². The van der Waals surface area contributed by atoms with Crippen LogP contribution in [0.1, 0.15) is 19.8 Å². The van der Waals surface area contributed by atoms with Gasteiger partial charge in [0, 0.05) is 6.42 Å². The van der Waals surface area contributed by atoms with Gasteiger partial charge in [0.05, 0.1) is 5.75 Å². The van der Waals surface area contributed by atoms with E-state index in [1.54, 1.807) is 0 Å². The number of esters is 2. The van der Waals surface area contributed by atoms with Crippen LogP contribution in [0.2, 0.25) is 0 Å². The first-order valence-electron chi connectivity index (χ1n) is 4.19. The fraction of sp³-hybridized carbons (Fsp3) is 0.750. The van der Waals surface area contributed by atoms with Crippen LogP contribution in [0, 0.1) is 0 Å². The number of cyclic esters (lactones) is 1. The molecule has 5 heteroatoms. The molecule has 0 aromatic heterocycles. The Morgan fingerprint density at radius 1 is 1.77 bits per heavy atom. The highest BCUT2D eigenvalue weighted by Gasteiger charge is 2.24. The maximum absolute atomic E-state index is 10.9.